The van der Waals surface area contributed by atoms with E-state index in [0.29, 0.717) is 28.0 Å². The van der Waals surface area contributed by atoms with E-state index < -0.39 is 0 Å². The normalized spacial score (nSPS) is 10.9. The molecular formula is C15H13NO4. The molecule has 0 aliphatic heterocycles. The molecule has 0 unspecified atom stereocenters. The fourth-order valence-electron chi connectivity index (χ4n) is 2.33. The van der Waals surface area contributed by atoms with Crippen LogP contribution in [0, 0.1) is 0 Å². The van der Waals surface area contributed by atoms with E-state index >= 15 is 0 Å². The average molecular weight is 271 g/mol. The van der Waals surface area contributed by atoms with Crippen molar-refractivity contribution in [2.24, 2.45) is 0 Å². The lowest BCUT2D eigenvalue weighted by molar-refractivity contribution is 0.0989. The Kier molecular flexibility index (Phi) is 2.82. The number of hydrogen-bond donors (Lipinski definition) is 0. The van der Waals surface area contributed by atoms with E-state index in [4.69, 9.17) is 13.9 Å². The van der Waals surface area contributed by atoms with Gasteiger partial charge in [-0.1, -0.05) is 0 Å². The molecule has 0 aliphatic rings. The number of aromatic nitrogens is 1. The van der Waals surface area contributed by atoms with Gasteiger partial charge in [0.1, 0.15) is 5.52 Å². The molecule has 1 aromatic carbocycles. The summed E-state index contributed by atoms with van der Waals surface area (Å²) in [6.45, 7) is 1.45. The van der Waals surface area contributed by atoms with Crippen LogP contribution in [-0.2, 0) is 0 Å². The molecule has 0 fully saturated rings. The number of benzene rings is 1. The molecule has 0 N–H and O–H groups in total. The van der Waals surface area contributed by atoms with Crippen molar-refractivity contribution in [3.8, 4) is 11.5 Å². The summed E-state index contributed by atoms with van der Waals surface area (Å²) in [6.07, 6.45) is 1.68. The smallest absolute Gasteiger partial charge is 0.194 e. The van der Waals surface area contributed by atoms with Gasteiger partial charge in [0.05, 0.1) is 25.0 Å². The molecule has 0 saturated carbocycles. The highest BCUT2D eigenvalue weighted by molar-refractivity contribution is 6.09. The minimum atomic E-state index is -0.151. The Labute approximate surface area is 115 Å². The van der Waals surface area contributed by atoms with E-state index in [1.54, 1.807) is 26.5 Å². The molecule has 5 nitrogen and oxygen atoms in total. The number of fused-ring (bicyclic) bond motifs is 2. The van der Waals surface area contributed by atoms with Crippen LogP contribution >= 0.6 is 0 Å². The third-order valence-corrected chi connectivity index (χ3v) is 3.21. The van der Waals surface area contributed by atoms with Crippen molar-refractivity contribution in [3.05, 3.63) is 30.2 Å². The van der Waals surface area contributed by atoms with Crippen LogP contribution in [0.1, 0.15) is 17.5 Å². The Morgan fingerprint density at radius 2 is 1.95 bits per heavy atom. The lowest BCUT2D eigenvalue weighted by Crippen LogP contribution is -1.92. The van der Waals surface area contributed by atoms with Gasteiger partial charge in [0.25, 0.3) is 0 Å². The van der Waals surface area contributed by atoms with E-state index in [0.717, 1.165) is 5.39 Å². The number of pyridine rings is 1. The average Bonchev–Trinajstić information content (AvgIpc) is 2.89. The minimum Gasteiger partial charge on any atom is -0.494 e. The lowest BCUT2D eigenvalue weighted by atomic mass is 10.1. The topological polar surface area (TPSA) is 61.6 Å². The second kappa shape index (κ2) is 4.52. The minimum absolute atomic E-state index is 0.151. The molecule has 3 rings (SSSR count). The fourth-order valence-corrected chi connectivity index (χ4v) is 2.33. The van der Waals surface area contributed by atoms with Gasteiger partial charge in [0, 0.05) is 13.1 Å². The predicted molar refractivity (Wildman–Crippen MR) is 74.6 cm³/mol. The van der Waals surface area contributed by atoms with Gasteiger partial charge < -0.3 is 13.9 Å². The fraction of sp³-hybridized carbons (Fsp3) is 0.200. The molecule has 0 bridgehead atoms. The second-order valence-electron chi connectivity index (χ2n) is 4.38. The number of ketones is 1. The maximum Gasteiger partial charge on any atom is 0.194 e. The molecule has 0 saturated heterocycles. The number of Topliss-reactive ketones (excluding diaryl/α,β-unsaturated/α-hetero) is 1. The van der Waals surface area contributed by atoms with Crippen molar-refractivity contribution in [3.63, 3.8) is 0 Å². The highest BCUT2D eigenvalue weighted by Crippen LogP contribution is 2.42. The van der Waals surface area contributed by atoms with Crippen LogP contribution in [0.2, 0.25) is 0 Å². The largest absolute Gasteiger partial charge is 0.494 e. The third-order valence-electron chi connectivity index (χ3n) is 3.21. The van der Waals surface area contributed by atoms with E-state index in [9.17, 15) is 4.79 Å². The molecule has 2 aromatic heterocycles. The number of nitrogens with zero attached hydrogens (tertiary/aromatic N) is 1. The predicted octanol–water partition coefficient (Wildman–Crippen LogP) is 3.20. The lowest BCUT2D eigenvalue weighted by Gasteiger charge is -2.10. The third kappa shape index (κ3) is 1.63. The number of carbonyl (C=O) groups excluding carboxylic acids is 1. The number of ether oxygens (including phenoxy) is 2. The molecule has 3 aromatic rings. The standard InChI is InChI=1S/C15H13NO4/c1-8(17)11-7-10-13(18-2)12-9(5-4-6-16-12)14(19-3)15(10)20-11/h4-7H,1-3H3. The first-order valence-corrected chi connectivity index (χ1v) is 6.10. The van der Waals surface area contributed by atoms with Gasteiger partial charge in [-0.15, -0.1) is 0 Å². The molecule has 0 radical (unpaired) electrons. The highest BCUT2D eigenvalue weighted by atomic mass is 16.5. The Hall–Kier alpha value is -2.56. The number of methoxy groups -OCH3 is 2. The highest BCUT2D eigenvalue weighted by Gasteiger charge is 2.21. The quantitative estimate of drug-likeness (QED) is 0.684. The van der Waals surface area contributed by atoms with Gasteiger partial charge in [-0.2, -0.15) is 0 Å². The van der Waals surface area contributed by atoms with Crippen molar-refractivity contribution in [1.82, 2.24) is 4.98 Å². The van der Waals surface area contributed by atoms with Crippen LogP contribution in [0.3, 0.4) is 0 Å². The van der Waals surface area contributed by atoms with Crippen LogP contribution in [-0.4, -0.2) is 25.0 Å². The number of rotatable bonds is 3. The summed E-state index contributed by atoms with van der Waals surface area (Å²) in [5.41, 5.74) is 1.17. The van der Waals surface area contributed by atoms with Gasteiger partial charge in [0.15, 0.2) is 28.6 Å². The zero-order chi connectivity index (χ0) is 14.3. The second-order valence-corrected chi connectivity index (χ2v) is 4.38. The zero-order valence-corrected chi connectivity index (χ0v) is 11.4. The monoisotopic (exact) mass is 271 g/mol. The molecule has 20 heavy (non-hydrogen) atoms. The molecule has 0 amide bonds. The van der Waals surface area contributed by atoms with Gasteiger partial charge in [-0.05, 0) is 18.2 Å². The maximum absolute atomic E-state index is 11.5. The van der Waals surface area contributed by atoms with E-state index in [1.165, 1.54) is 6.92 Å². The first kappa shape index (κ1) is 12.5. The first-order chi connectivity index (χ1) is 9.67. The number of hydrogen-bond acceptors (Lipinski definition) is 5. The van der Waals surface area contributed by atoms with Gasteiger partial charge in [-0.25, -0.2) is 0 Å². The molecule has 5 heteroatoms. The van der Waals surface area contributed by atoms with Crippen LogP contribution in [0.4, 0.5) is 0 Å². The molecule has 0 spiro atoms. The summed E-state index contributed by atoms with van der Waals surface area (Å²) in [7, 11) is 3.12. The maximum atomic E-state index is 11.5. The molecule has 102 valence electrons. The van der Waals surface area contributed by atoms with Gasteiger partial charge in [0.2, 0.25) is 0 Å². The summed E-state index contributed by atoms with van der Waals surface area (Å²) in [6, 6.07) is 5.34. The van der Waals surface area contributed by atoms with E-state index in [-0.39, 0.29) is 11.5 Å². The zero-order valence-electron chi connectivity index (χ0n) is 11.4. The number of furan rings is 1. The number of carbonyl (C=O) groups is 1. The Morgan fingerprint density at radius 1 is 1.20 bits per heavy atom. The van der Waals surface area contributed by atoms with Crippen molar-refractivity contribution in [2.75, 3.05) is 14.2 Å². The van der Waals surface area contributed by atoms with Crippen LogP contribution in [0.5, 0.6) is 11.5 Å². The SMILES string of the molecule is COc1c2cc(C(C)=O)oc2c(OC)c2cccnc12. The summed E-state index contributed by atoms with van der Waals surface area (Å²) >= 11 is 0. The van der Waals surface area contributed by atoms with E-state index in [2.05, 4.69) is 4.98 Å². The van der Waals surface area contributed by atoms with Gasteiger partial charge in [-0.3, -0.25) is 9.78 Å². The van der Waals surface area contributed by atoms with Crippen LogP contribution < -0.4 is 9.47 Å². The summed E-state index contributed by atoms with van der Waals surface area (Å²) in [5, 5.41) is 1.46. The van der Waals surface area contributed by atoms with Crippen molar-refractivity contribution < 1.29 is 18.7 Å². The summed E-state index contributed by atoms with van der Waals surface area (Å²) in [4.78, 5) is 15.8. The van der Waals surface area contributed by atoms with Crippen molar-refractivity contribution >= 4 is 27.7 Å². The Morgan fingerprint density at radius 3 is 2.60 bits per heavy atom. The Bertz CT molecular complexity index is 759. The molecule has 2 heterocycles. The first-order valence-electron chi connectivity index (χ1n) is 6.10. The van der Waals surface area contributed by atoms with Gasteiger partial charge >= 0.3 is 0 Å². The van der Waals surface area contributed by atoms with Crippen molar-refractivity contribution in [2.45, 2.75) is 6.92 Å². The van der Waals surface area contributed by atoms with E-state index in [1.807, 2.05) is 12.1 Å². The summed E-state index contributed by atoms with van der Waals surface area (Å²) in [5.74, 6) is 1.25. The van der Waals surface area contributed by atoms with Crippen molar-refractivity contribution in [1.29, 1.82) is 0 Å². The summed E-state index contributed by atoms with van der Waals surface area (Å²) < 4.78 is 16.5. The molecular weight excluding hydrogens is 258 g/mol. The molecule has 0 aliphatic carbocycles. The molecule has 0 atom stereocenters. The Balaban J connectivity index is 2.54. The van der Waals surface area contributed by atoms with Crippen LogP contribution in [0.25, 0.3) is 21.9 Å². The van der Waals surface area contributed by atoms with Crippen LogP contribution in [0.15, 0.2) is 28.8 Å².